The highest BCUT2D eigenvalue weighted by atomic mass is 16.2. The predicted octanol–water partition coefficient (Wildman–Crippen LogP) is 5.80. The average molecular weight is 386 g/mol. The number of imide groups is 1. The molecule has 0 bridgehead atoms. The van der Waals surface area contributed by atoms with Crippen LogP contribution in [0.25, 0.3) is 0 Å². The second kappa shape index (κ2) is 7.00. The summed E-state index contributed by atoms with van der Waals surface area (Å²) in [5.41, 5.74) is 0.374. The molecule has 2 rings (SSSR count). The number of hydrogen-bond donors (Lipinski definition) is 1. The molecule has 0 radical (unpaired) electrons. The Hall–Kier alpha value is -1.64. The van der Waals surface area contributed by atoms with Crippen molar-refractivity contribution in [2.45, 2.75) is 75.2 Å². The minimum Gasteiger partial charge on any atom is -0.296 e. The second-order valence-corrected chi connectivity index (χ2v) is 11.8. The van der Waals surface area contributed by atoms with E-state index in [1.54, 1.807) is 0 Å². The van der Waals surface area contributed by atoms with Crippen molar-refractivity contribution in [1.82, 2.24) is 5.32 Å². The molecular formula is C25H39NO2. The van der Waals surface area contributed by atoms with E-state index in [1.807, 2.05) is 6.07 Å². The molecule has 1 N–H and O–H groups in total. The van der Waals surface area contributed by atoms with Crippen molar-refractivity contribution < 1.29 is 9.59 Å². The standard InChI is InChI=1S/C25H39NO2/c1-22(2,3)17-18(21(28)26-20(17)27)24(7,8)25(9,10)19(23(4,5)6)16-14-12-11-13-15-16/h11-15,17-19H,1-10H3,(H,26,27,28). The van der Waals surface area contributed by atoms with Gasteiger partial charge in [-0.15, -0.1) is 0 Å². The molecule has 1 aromatic carbocycles. The molecule has 1 aromatic rings. The van der Waals surface area contributed by atoms with Crippen molar-refractivity contribution in [3.8, 4) is 0 Å². The fourth-order valence-corrected chi connectivity index (χ4v) is 5.63. The van der Waals surface area contributed by atoms with Gasteiger partial charge in [0.2, 0.25) is 11.8 Å². The van der Waals surface area contributed by atoms with E-state index >= 15 is 0 Å². The third kappa shape index (κ3) is 3.77. The van der Waals surface area contributed by atoms with E-state index in [1.165, 1.54) is 5.56 Å². The van der Waals surface area contributed by atoms with Crippen LogP contribution >= 0.6 is 0 Å². The summed E-state index contributed by atoms with van der Waals surface area (Å²) in [4.78, 5) is 25.7. The second-order valence-electron chi connectivity index (χ2n) is 11.8. The number of nitrogens with one attached hydrogen (secondary N) is 1. The molecule has 3 atom stereocenters. The molecule has 1 aliphatic rings. The van der Waals surface area contributed by atoms with E-state index in [2.05, 4.69) is 98.8 Å². The Balaban J connectivity index is 2.63. The van der Waals surface area contributed by atoms with Crippen LogP contribution in [0, 0.1) is 33.5 Å². The molecule has 156 valence electrons. The monoisotopic (exact) mass is 385 g/mol. The van der Waals surface area contributed by atoms with Gasteiger partial charge in [-0.3, -0.25) is 14.9 Å². The van der Waals surface area contributed by atoms with Crippen molar-refractivity contribution in [1.29, 1.82) is 0 Å². The number of carbonyl (C=O) groups is 2. The van der Waals surface area contributed by atoms with Crippen molar-refractivity contribution in [2.24, 2.45) is 33.5 Å². The number of benzene rings is 1. The van der Waals surface area contributed by atoms with Gasteiger partial charge in [-0.05, 0) is 33.1 Å². The minimum absolute atomic E-state index is 0.00155. The van der Waals surface area contributed by atoms with Crippen molar-refractivity contribution in [3.05, 3.63) is 35.9 Å². The first-order chi connectivity index (χ1) is 12.5. The molecule has 2 amide bonds. The summed E-state index contributed by atoms with van der Waals surface area (Å²) in [5.74, 6) is -0.711. The molecule has 3 heteroatoms. The summed E-state index contributed by atoms with van der Waals surface area (Å²) in [6, 6.07) is 10.6. The molecule has 0 spiro atoms. The largest absolute Gasteiger partial charge is 0.296 e. The molecule has 1 saturated heterocycles. The van der Waals surface area contributed by atoms with Gasteiger partial charge in [0.25, 0.3) is 0 Å². The Bertz CT molecular complexity index is 732. The molecule has 28 heavy (non-hydrogen) atoms. The van der Waals surface area contributed by atoms with Crippen LogP contribution in [0.4, 0.5) is 0 Å². The van der Waals surface area contributed by atoms with Crippen LogP contribution in [-0.4, -0.2) is 11.8 Å². The highest BCUT2D eigenvalue weighted by molar-refractivity contribution is 6.05. The van der Waals surface area contributed by atoms with E-state index < -0.39 is 5.41 Å². The number of carbonyl (C=O) groups excluding carboxylic acids is 2. The molecule has 1 fully saturated rings. The van der Waals surface area contributed by atoms with Gasteiger partial charge in [0.1, 0.15) is 0 Å². The first-order valence-corrected chi connectivity index (χ1v) is 10.4. The molecule has 3 nitrogen and oxygen atoms in total. The molecule has 1 heterocycles. The van der Waals surface area contributed by atoms with Crippen molar-refractivity contribution in [3.63, 3.8) is 0 Å². The fourth-order valence-electron chi connectivity index (χ4n) is 5.63. The first-order valence-electron chi connectivity index (χ1n) is 10.4. The Morgan fingerprint density at radius 2 is 1.21 bits per heavy atom. The maximum absolute atomic E-state index is 13.0. The van der Waals surface area contributed by atoms with E-state index in [0.29, 0.717) is 0 Å². The molecular weight excluding hydrogens is 346 g/mol. The van der Waals surface area contributed by atoms with E-state index in [4.69, 9.17) is 0 Å². The third-order valence-electron chi connectivity index (χ3n) is 7.24. The zero-order valence-corrected chi connectivity index (χ0v) is 19.4. The summed E-state index contributed by atoms with van der Waals surface area (Å²) in [7, 11) is 0. The summed E-state index contributed by atoms with van der Waals surface area (Å²) >= 11 is 0. The minimum atomic E-state index is -0.394. The predicted molar refractivity (Wildman–Crippen MR) is 116 cm³/mol. The Morgan fingerprint density at radius 1 is 0.750 bits per heavy atom. The van der Waals surface area contributed by atoms with E-state index in [9.17, 15) is 9.59 Å². The van der Waals surface area contributed by atoms with Crippen LogP contribution in [0.2, 0.25) is 0 Å². The highest BCUT2D eigenvalue weighted by Crippen LogP contribution is 2.61. The lowest BCUT2D eigenvalue weighted by Crippen LogP contribution is -2.51. The van der Waals surface area contributed by atoms with Crippen LogP contribution in [0.1, 0.15) is 80.7 Å². The number of amides is 2. The lowest BCUT2D eigenvalue weighted by atomic mass is 9.48. The molecule has 1 aliphatic heterocycles. The first kappa shape index (κ1) is 22.6. The highest BCUT2D eigenvalue weighted by Gasteiger charge is 2.60. The Morgan fingerprint density at radius 3 is 1.64 bits per heavy atom. The summed E-state index contributed by atoms with van der Waals surface area (Å²) in [5, 5.41) is 2.64. The topological polar surface area (TPSA) is 46.2 Å². The summed E-state index contributed by atoms with van der Waals surface area (Å²) in [6.45, 7) is 21.9. The van der Waals surface area contributed by atoms with Crippen LogP contribution < -0.4 is 5.32 Å². The maximum Gasteiger partial charge on any atom is 0.231 e. The van der Waals surface area contributed by atoms with Gasteiger partial charge in [0.15, 0.2) is 0 Å². The average Bonchev–Trinajstić information content (AvgIpc) is 2.81. The fraction of sp³-hybridized carbons (Fsp3) is 0.680. The van der Waals surface area contributed by atoms with Gasteiger partial charge in [-0.25, -0.2) is 0 Å². The van der Waals surface area contributed by atoms with Crippen LogP contribution in [-0.2, 0) is 9.59 Å². The SMILES string of the molecule is CC(C)(C)C1C(=O)NC(=O)C1C(C)(C)C(C)(C)C(c1ccccc1)C(C)(C)C. The summed E-state index contributed by atoms with van der Waals surface area (Å²) < 4.78 is 0. The lowest BCUT2D eigenvalue weighted by molar-refractivity contribution is -0.135. The Labute approximate surface area is 171 Å². The maximum atomic E-state index is 13.0. The number of rotatable bonds is 4. The quantitative estimate of drug-likeness (QED) is 0.665. The molecule has 0 aliphatic carbocycles. The van der Waals surface area contributed by atoms with Gasteiger partial charge in [-0.2, -0.15) is 0 Å². The smallest absolute Gasteiger partial charge is 0.231 e. The third-order valence-corrected chi connectivity index (χ3v) is 7.24. The Kier molecular flexibility index (Phi) is 5.66. The zero-order chi connectivity index (χ0) is 21.7. The molecule has 3 unspecified atom stereocenters. The molecule has 0 saturated carbocycles. The zero-order valence-electron chi connectivity index (χ0n) is 19.4. The van der Waals surface area contributed by atoms with Gasteiger partial charge in [0, 0.05) is 0 Å². The van der Waals surface area contributed by atoms with Crippen molar-refractivity contribution in [2.75, 3.05) is 0 Å². The number of hydrogen-bond acceptors (Lipinski definition) is 2. The van der Waals surface area contributed by atoms with Crippen LogP contribution in [0.3, 0.4) is 0 Å². The van der Waals surface area contributed by atoms with E-state index in [-0.39, 0.29) is 45.8 Å². The van der Waals surface area contributed by atoms with Gasteiger partial charge in [0.05, 0.1) is 11.8 Å². The summed E-state index contributed by atoms with van der Waals surface area (Å²) in [6.07, 6.45) is 0. The molecule has 0 aromatic heterocycles. The normalized spacial score (nSPS) is 22.9. The van der Waals surface area contributed by atoms with Gasteiger partial charge in [-0.1, -0.05) is 99.6 Å². The van der Waals surface area contributed by atoms with Gasteiger partial charge < -0.3 is 0 Å². The van der Waals surface area contributed by atoms with Crippen molar-refractivity contribution >= 4 is 11.8 Å². The van der Waals surface area contributed by atoms with E-state index in [0.717, 1.165) is 0 Å². The van der Waals surface area contributed by atoms with Gasteiger partial charge >= 0.3 is 0 Å². The van der Waals surface area contributed by atoms with Crippen LogP contribution in [0.15, 0.2) is 30.3 Å². The lowest BCUT2D eigenvalue weighted by Gasteiger charge is -2.55. The van der Waals surface area contributed by atoms with Crippen LogP contribution in [0.5, 0.6) is 0 Å².